The van der Waals surface area contributed by atoms with Gasteiger partial charge in [-0.15, -0.1) is 0 Å². The van der Waals surface area contributed by atoms with Gasteiger partial charge in [0, 0.05) is 18.2 Å². The van der Waals surface area contributed by atoms with E-state index in [0.717, 1.165) is 18.6 Å². The molecule has 0 radical (unpaired) electrons. The maximum absolute atomic E-state index is 12.5. The molecule has 0 unspecified atom stereocenters. The number of nitrogens with one attached hydrogen (secondary N) is 1. The lowest BCUT2D eigenvalue weighted by molar-refractivity contribution is 0.0941. The first-order valence-electron chi connectivity index (χ1n) is 8.34. The lowest BCUT2D eigenvalue weighted by atomic mass is 9.78. The summed E-state index contributed by atoms with van der Waals surface area (Å²) in [7, 11) is 1.68. The summed E-state index contributed by atoms with van der Waals surface area (Å²) in [6.07, 6.45) is 7.54. The number of hydrogen-bond donors (Lipinski definition) is 1. The molecule has 1 fully saturated rings. The summed E-state index contributed by atoms with van der Waals surface area (Å²) in [5.41, 5.74) is 2.45. The van der Waals surface area contributed by atoms with Crippen LogP contribution in [-0.2, 0) is 5.41 Å². The minimum Gasteiger partial charge on any atom is -0.497 e. The van der Waals surface area contributed by atoms with Crippen molar-refractivity contribution in [2.24, 2.45) is 0 Å². The monoisotopic (exact) mass is 325 g/mol. The first-order valence-corrected chi connectivity index (χ1v) is 8.34. The van der Waals surface area contributed by atoms with Gasteiger partial charge in [-0.2, -0.15) is 0 Å². The molecule has 0 atom stereocenters. The van der Waals surface area contributed by atoms with Crippen LogP contribution in [-0.4, -0.2) is 29.5 Å². The number of benzene rings is 1. The fraction of sp³-hybridized carbons (Fsp3) is 0.421. The van der Waals surface area contributed by atoms with Crippen LogP contribution >= 0.6 is 0 Å². The average molecular weight is 325 g/mol. The molecule has 24 heavy (non-hydrogen) atoms. The van der Waals surface area contributed by atoms with Gasteiger partial charge in [0.1, 0.15) is 12.1 Å². The van der Waals surface area contributed by atoms with Gasteiger partial charge in [-0.25, -0.2) is 9.97 Å². The van der Waals surface area contributed by atoms with Crippen molar-refractivity contribution in [3.63, 3.8) is 0 Å². The van der Waals surface area contributed by atoms with Crippen molar-refractivity contribution in [2.75, 3.05) is 13.7 Å². The van der Waals surface area contributed by atoms with Crippen LogP contribution in [0.1, 0.15) is 47.3 Å². The molecule has 5 nitrogen and oxygen atoms in total. The number of hydrogen-bond acceptors (Lipinski definition) is 4. The Balaban J connectivity index is 1.79. The molecule has 0 aliphatic heterocycles. The molecule has 1 saturated carbocycles. The Bertz CT molecular complexity index is 724. The number of methoxy groups -OCH3 is 1. The molecule has 1 N–H and O–H groups in total. The highest BCUT2D eigenvalue weighted by molar-refractivity contribution is 5.94. The molecule has 5 heteroatoms. The summed E-state index contributed by atoms with van der Waals surface area (Å²) in [4.78, 5) is 20.5. The van der Waals surface area contributed by atoms with Gasteiger partial charge < -0.3 is 10.1 Å². The molecule has 0 spiro atoms. The molecule has 3 rings (SSSR count). The minimum atomic E-state index is -0.109. The van der Waals surface area contributed by atoms with Crippen molar-refractivity contribution in [2.45, 2.75) is 38.0 Å². The second-order valence-electron chi connectivity index (χ2n) is 6.42. The SMILES string of the molecule is COc1cccc(C2(CNC(=O)c3cncnc3C)CCCC2)c1. The third-order valence-corrected chi connectivity index (χ3v) is 4.99. The van der Waals surface area contributed by atoms with Gasteiger partial charge in [0.25, 0.3) is 5.91 Å². The van der Waals surface area contributed by atoms with Crippen LogP contribution in [0.2, 0.25) is 0 Å². The van der Waals surface area contributed by atoms with Crippen LogP contribution in [0.25, 0.3) is 0 Å². The number of aromatic nitrogens is 2. The van der Waals surface area contributed by atoms with Gasteiger partial charge >= 0.3 is 0 Å². The molecule has 1 aliphatic rings. The predicted molar refractivity (Wildman–Crippen MR) is 92.2 cm³/mol. The maximum Gasteiger partial charge on any atom is 0.254 e. The standard InChI is InChI=1S/C19H23N3O2/c1-14-17(11-20-13-22-14)18(23)21-12-19(8-3-4-9-19)15-6-5-7-16(10-15)24-2/h5-7,10-11,13H,3-4,8-9,12H2,1-2H3,(H,21,23). The zero-order valence-corrected chi connectivity index (χ0v) is 14.2. The number of ether oxygens (including phenoxy) is 1. The number of amides is 1. The molecule has 1 aliphatic carbocycles. The number of aryl methyl sites for hydroxylation is 1. The van der Waals surface area contributed by atoms with Gasteiger partial charge in [-0.3, -0.25) is 4.79 Å². The Kier molecular flexibility index (Phi) is 4.79. The average Bonchev–Trinajstić information content (AvgIpc) is 3.10. The molecule has 1 aromatic carbocycles. The van der Waals surface area contributed by atoms with Crippen LogP contribution in [0.5, 0.6) is 5.75 Å². The lowest BCUT2D eigenvalue weighted by Gasteiger charge is -2.30. The van der Waals surface area contributed by atoms with E-state index in [2.05, 4.69) is 27.4 Å². The zero-order valence-electron chi connectivity index (χ0n) is 14.2. The Morgan fingerprint density at radius 3 is 2.83 bits per heavy atom. The van der Waals surface area contributed by atoms with E-state index in [4.69, 9.17) is 4.74 Å². The van der Waals surface area contributed by atoms with E-state index in [1.807, 2.05) is 19.1 Å². The molecular weight excluding hydrogens is 302 g/mol. The van der Waals surface area contributed by atoms with Crippen LogP contribution in [0.3, 0.4) is 0 Å². The second-order valence-corrected chi connectivity index (χ2v) is 6.42. The van der Waals surface area contributed by atoms with Gasteiger partial charge in [0.2, 0.25) is 0 Å². The van der Waals surface area contributed by atoms with Crippen LogP contribution in [0, 0.1) is 6.92 Å². The van der Waals surface area contributed by atoms with Crippen molar-refractivity contribution in [3.8, 4) is 5.75 Å². The first-order chi connectivity index (χ1) is 11.6. The van der Waals surface area contributed by atoms with Crippen LogP contribution in [0.4, 0.5) is 0 Å². The number of nitrogens with zero attached hydrogens (tertiary/aromatic N) is 2. The molecule has 1 aromatic heterocycles. The minimum absolute atomic E-state index is 0.0201. The highest BCUT2D eigenvalue weighted by Gasteiger charge is 2.36. The number of carbonyl (C=O) groups excluding carboxylic acids is 1. The Morgan fingerprint density at radius 2 is 2.12 bits per heavy atom. The Hall–Kier alpha value is -2.43. The fourth-order valence-electron chi connectivity index (χ4n) is 3.53. The molecule has 0 saturated heterocycles. The summed E-state index contributed by atoms with van der Waals surface area (Å²) in [5, 5.41) is 3.10. The first kappa shape index (κ1) is 16.4. The van der Waals surface area contributed by atoms with E-state index in [1.54, 1.807) is 13.3 Å². The summed E-state index contributed by atoms with van der Waals surface area (Å²) in [6.45, 7) is 2.44. The van der Waals surface area contributed by atoms with E-state index < -0.39 is 0 Å². The largest absolute Gasteiger partial charge is 0.497 e. The van der Waals surface area contributed by atoms with Crippen molar-refractivity contribution in [1.29, 1.82) is 0 Å². The van der Waals surface area contributed by atoms with E-state index in [9.17, 15) is 4.79 Å². The molecule has 1 heterocycles. The summed E-state index contributed by atoms with van der Waals surface area (Å²) >= 11 is 0. The van der Waals surface area contributed by atoms with Crippen molar-refractivity contribution in [1.82, 2.24) is 15.3 Å². The predicted octanol–water partition coefficient (Wildman–Crippen LogP) is 3.04. The fourth-order valence-corrected chi connectivity index (χ4v) is 3.53. The van der Waals surface area contributed by atoms with Gasteiger partial charge in [-0.1, -0.05) is 25.0 Å². The normalized spacial score (nSPS) is 15.9. The van der Waals surface area contributed by atoms with Crippen molar-refractivity contribution >= 4 is 5.91 Å². The second kappa shape index (κ2) is 6.99. The van der Waals surface area contributed by atoms with E-state index in [-0.39, 0.29) is 11.3 Å². The van der Waals surface area contributed by atoms with E-state index in [0.29, 0.717) is 17.8 Å². The van der Waals surface area contributed by atoms with E-state index >= 15 is 0 Å². The third kappa shape index (κ3) is 3.25. The molecule has 126 valence electrons. The molecular formula is C19H23N3O2. The third-order valence-electron chi connectivity index (χ3n) is 4.99. The molecule has 0 bridgehead atoms. The zero-order chi connectivity index (χ0) is 17.0. The van der Waals surface area contributed by atoms with Crippen LogP contribution < -0.4 is 10.1 Å². The number of carbonyl (C=O) groups is 1. The summed E-state index contributed by atoms with van der Waals surface area (Å²) in [6, 6.07) is 8.20. The summed E-state index contributed by atoms with van der Waals surface area (Å²) in [5.74, 6) is 0.750. The van der Waals surface area contributed by atoms with E-state index in [1.165, 1.54) is 24.7 Å². The smallest absolute Gasteiger partial charge is 0.254 e. The maximum atomic E-state index is 12.5. The Morgan fingerprint density at radius 1 is 1.33 bits per heavy atom. The topological polar surface area (TPSA) is 64.1 Å². The summed E-state index contributed by atoms with van der Waals surface area (Å²) < 4.78 is 5.37. The Labute approximate surface area is 142 Å². The number of rotatable bonds is 5. The van der Waals surface area contributed by atoms with Gasteiger partial charge in [0.15, 0.2) is 0 Å². The lowest BCUT2D eigenvalue weighted by Crippen LogP contribution is -2.39. The highest BCUT2D eigenvalue weighted by Crippen LogP contribution is 2.41. The highest BCUT2D eigenvalue weighted by atomic mass is 16.5. The molecule has 1 amide bonds. The van der Waals surface area contributed by atoms with Crippen LogP contribution in [0.15, 0.2) is 36.8 Å². The molecule has 2 aromatic rings. The van der Waals surface area contributed by atoms with Crippen molar-refractivity contribution < 1.29 is 9.53 Å². The van der Waals surface area contributed by atoms with Gasteiger partial charge in [-0.05, 0) is 37.5 Å². The van der Waals surface area contributed by atoms with Crippen molar-refractivity contribution in [3.05, 3.63) is 53.6 Å². The van der Waals surface area contributed by atoms with Gasteiger partial charge in [0.05, 0.1) is 18.4 Å². The quantitative estimate of drug-likeness (QED) is 0.918.